The van der Waals surface area contributed by atoms with E-state index in [0.717, 1.165) is 24.9 Å². The molecule has 1 aliphatic carbocycles. The summed E-state index contributed by atoms with van der Waals surface area (Å²) >= 11 is 0. The second-order valence-electron chi connectivity index (χ2n) is 6.70. The minimum Gasteiger partial charge on any atom is -0.393 e. The fourth-order valence-corrected chi connectivity index (χ4v) is 3.92. The molecule has 132 valence electrons. The maximum atomic E-state index is 13.0. The maximum absolute atomic E-state index is 13.0. The van der Waals surface area contributed by atoms with Crippen molar-refractivity contribution in [1.82, 2.24) is 19.9 Å². The summed E-state index contributed by atoms with van der Waals surface area (Å²) in [6.45, 7) is 1.62. The molecule has 1 aliphatic heterocycles. The van der Waals surface area contributed by atoms with Crippen LogP contribution in [0.1, 0.15) is 29.6 Å². The molecule has 7 nitrogen and oxygen atoms in total. The summed E-state index contributed by atoms with van der Waals surface area (Å²) in [7, 11) is 0. The van der Waals surface area contributed by atoms with Crippen LogP contribution >= 0.6 is 0 Å². The lowest BCUT2D eigenvalue weighted by molar-refractivity contribution is -0.0383. The topological polar surface area (TPSA) is 80.5 Å². The van der Waals surface area contributed by atoms with Crippen LogP contribution in [0.2, 0.25) is 0 Å². The molecule has 1 aromatic heterocycles. The van der Waals surface area contributed by atoms with Gasteiger partial charge in [-0.15, -0.1) is 5.10 Å². The molecular formula is C18H22N4O3. The Morgan fingerprint density at radius 3 is 2.76 bits per heavy atom. The minimum atomic E-state index is -0.336. The second kappa shape index (κ2) is 6.93. The van der Waals surface area contributed by atoms with Gasteiger partial charge in [-0.2, -0.15) is 0 Å². The molecule has 2 heterocycles. The third kappa shape index (κ3) is 3.17. The van der Waals surface area contributed by atoms with E-state index < -0.39 is 0 Å². The van der Waals surface area contributed by atoms with E-state index in [0.29, 0.717) is 25.3 Å². The number of amides is 1. The number of nitrogens with zero attached hydrogens (tertiary/aromatic N) is 4. The number of aliphatic hydroxyl groups excluding tert-OH is 1. The Labute approximate surface area is 146 Å². The Kier molecular flexibility index (Phi) is 4.50. The predicted molar refractivity (Wildman–Crippen MR) is 90.4 cm³/mol. The molecule has 1 N–H and O–H groups in total. The molecule has 1 saturated heterocycles. The van der Waals surface area contributed by atoms with Crippen molar-refractivity contribution in [3.8, 4) is 5.69 Å². The molecule has 2 aromatic rings. The number of carbonyl (C=O) groups excluding carboxylic acids is 1. The molecule has 2 aliphatic rings. The fourth-order valence-electron chi connectivity index (χ4n) is 3.92. The van der Waals surface area contributed by atoms with Gasteiger partial charge >= 0.3 is 0 Å². The van der Waals surface area contributed by atoms with Crippen molar-refractivity contribution >= 4 is 5.91 Å². The lowest BCUT2D eigenvalue weighted by Crippen LogP contribution is -2.53. The maximum Gasteiger partial charge on any atom is 0.254 e. The molecule has 7 heteroatoms. The standard InChI is InChI=1S/C18H22N4O3/c23-17-3-1-2-15(17)16-12-25-11-10-21(16)18(24)13-4-6-14(7-5-13)22-9-8-19-20-22/h4-9,15-17,23H,1-3,10-12H2/t15-,16-,17-/m1/s1. The molecule has 3 atom stereocenters. The van der Waals surface area contributed by atoms with E-state index in [1.807, 2.05) is 29.2 Å². The lowest BCUT2D eigenvalue weighted by atomic mass is 9.93. The van der Waals surface area contributed by atoms with Gasteiger partial charge in [-0.25, -0.2) is 4.68 Å². The summed E-state index contributed by atoms with van der Waals surface area (Å²) in [5.41, 5.74) is 1.50. The van der Waals surface area contributed by atoms with Gasteiger partial charge in [-0.1, -0.05) is 11.6 Å². The smallest absolute Gasteiger partial charge is 0.254 e. The summed E-state index contributed by atoms with van der Waals surface area (Å²) in [6.07, 6.45) is 5.81. The first-order valence-electron chi connectivity index (χ1n) is 8.77. The number of hydrogen-bond acceptors (Lipinski definition) is 5. The third-order valence-electron chi connectivity index (χ3n) is 5.25. The zero-order valence-corrected chi connectivity index (χ0v) is 14.0. The molecule has 0 radical (unpaired) electrons. The summed E-state index contributed by atoms with van der Waals surface area (Å²) in [6, 6.07) is 7.31. The number of hydrogen-bond donors (Lipinski definition) is 1. The van der Waals surface area contributed by atoms with Crippen molar-refractivity contribution < 1.29 is 14.6 Å². The average molecular weight is 342 g/mol. The Hall–Kier alpha value is -2.25. The summed E-state index contributed by atoms with van der Waals surface area (Å²) in [5.74, 6) is 0.108. The van der Waals surface area contributed by atoms with E-state index >= 15 is 0 Å². The van der Waals surface area contributed by atoms with Crippen LogP contribution < -0.4 is 0 Å². The largest absolute Gasteiger partial charge is 0.393 e. The monoisotopic (exact) mass is 342 g/mol. The van der Waals surface area contributed by atoms with Crippen LogP contribution in [0.5, 0.6) is 0 Å². The fraction of sp³-hybridized carbons (Fsp3) is 0.500. The van der Waals surface area contributed by atoms with E-state index in [2.05, 4.69) is 10.3 Å². The van der Waals surface area contributed by atoms with Crippen molar-refractivity contribution in [2.24, 2.45) is 5.92 Å². The third-order valence-corrected chi connectivity index (χ3v) is 5.25. The summed E-state index contributed by atoms with van der Waals surface area (Å²) < 4.78 is 7.26. The number of morpholine rings is 1. The number of ether oxygens (including phenoxy) is 1. The highest BCUT2D eigenvalue weighted by Crippen LogP contribution is 2.32. The summed E-state index contributed by atoms with van der Waals surface area (Å²) in [4.78, 5) is 14.9. The first kappa shape index (κ1) is 16.2. The number of benzene rings is 1. The highest BCUT2D eigenvalue weighted by atomic mass is 16.5. The zero-order chi connectivity index (χ0) is 17.2. The van der Waals surface area contributed by atoms with Crippen molar-refractivity contribution in [3.05, 3.63) is 42.2 Å². The minimum absolute atomic E-state index is 0.00228. The number of aliphatic hydroxyl groups is 1. The normalized spacial score (nSPS) is 26.8. The van der Waals surface area contributed by atoms with E-state index in [1.165, 1.54) is 0 Å². The van der Waals surface area contributed by atoms with Gasteiger partial charge in [0.2, 0.25) is 0 Å². The number of aromatic nitrogens is 3. The molecule has 1 amide bonds. The van der Waals surface area contributed by atoms with Crippen LogP contribution in [-0.4, -0.2) is 62.8 Å². The summed E-state index contributed by atoms with van der Waals surface area (Å²) in [5, 5.41) is 18.0. The van der Waals surface area contributed by atoms with Gasteiger partial charge in [-0.05, 0) is 37.1 Å². The first-order chi connectivity index (χ1) is 12.2. The zero-order valence-electron chi connectivity index (χ0n) is 14.0. The van der Waals surface area contributed by atoms with E-state index in [4.69, 9.17) is 4.74 Å². The highest BCUT2D eigenvalue weighted by Gasteiger charge is 2.39. The molecule has 1 aromatic carbocycles. The molecular weight excluding hydrogens is 320 g/mol. The first-order valence-corrected chi connectivity index (χ1v) is 8.77. The van der Waals surface area contributed by atoms with Crippen LogP contribution in [0.25, 0.3) is 5.69 Å². The average Bonchev–Trinajstić information content (AvgIpc) is 3.33. The molecule has 0 bridgehead atoms. The molecule has 2 fully saturated rings. The van der Waals surface area contributed by atoms with E-state index in [1.54, 1.807) is 17.1 Å². The van der Waals surface area contributed by atoms with Crippen LogP contribution in [-0.2, 0) is 4.74 Å². The van der Waals surface area contributed by atoms with Gasteiger partial charge < -0.3 is 14.7 Å². The number of carbonyl (C=O) groups is 1. The van der Waals surface area contributed by atoms with Crippen LogP contribution in [0.15, 0.2) is 36.7 Å². The van der Waals surface area contributed by atoms with Crippen LogP contribution in [0, 0.1) is 5.92 Å². The van der Waals surface area contributed by atoms with Crippen molar-refractivity contribution in [2.45, 2.75) is 31.4 Å². The van der Waals surface area contributed by atoms with Crippen molar-refractivity contribution in [1.29, 1.82) is 0 Å². The van der Waals surface area contributed by atoms with Gasteiger partial charge in [0, 0.05) is 18.0 Å². The van der Waals surface area contributed by atoms with Gasteiger partial charge in [0.15, 0.2) is 0 Å². The van der Waals surface area contributed by atoms with Gasteiger partial charge in [0.25, 0.3) is 5.91 Å². The van der Waals surface area contributed by atoms with E-state index in [9.17, 15) is 9.90 Å². The van der Waals surface area contributed by atoms with Crippen LogP contribution in [0.4, 0.5) is 0 Å². The highest BCUT2D eigenvalue weighted by molar-refractivity contribution is 5.94. The number of rotatable bonds is 3. The molecule has 4 rings (SSSR count). The molecule has 0 spiro atoms. The SMILES string of the molecule is O=C(c1ccc(-n2ccnn2)cc1)N1CCOC[C@@H]1[C@H]1CCC[C@H]1O. The lowest BCUT2D eigenvalue weighted by Gasteiger charge is -2.40. The molecule has 25 heavy (non-hydrogen) atoms. The predicted octanol–water partition coefficient (Wildman–Crippen LogP) is 1.27. The Morgan fingerprint density at radius 1 is 1.24 bits per heavy atom. The Morgan fingerprint density at radius 2 is 2.08 bits per heavy atom. The van der Waals surface area contributed by atoms with Crippen molar-refractivity contribution in [2.75, 3.05) is 19.8 Å². The van der Waals surface area contributed by atoms with Gasteiger partial charge in [0.1, 0.15) is 0 Å². The Bertz CT molecular complexity index is 716. The molecule has 0 unspecified atom stereocenters. The quantitative estimate of drug-likeness (QED) is 0.908. The van der Waals surface area contributed by atoms with Gasteiger partial charge in [-0.3, -0.25) is 4.79 Å². The second-order valence-corrected chi connectivity index (χ2v) is 6.70. The van der Waals surface area contributed by atoms with Gasteiger partial charge in [0.05, 0.1) is 43.4 Å². The van der Waals surface area contributed by atoms with Crippen LogP contribution in [0.3, 0.4) is 0 Å². The Balaban J connectivity index is 1.54. The van der Waals surface area contributed by atoms with Crippen molar-refractivity contribution in [3.63, 3.8) is 0 Å². The van der Waals surface area contributed by atoms with E-state index in [-0.39, 0.29) is 24.0 Å². The molecule has 1 saturated carbocycles.